The van der Waals surface area contributed by atoms with E-state index in [2.05, 4.69) is 12.6 Å². The summed E-state index contributed by atoms with van der Waals surface area (Å²) in [6.45, 7) is 2.86. The Morgan fingerprint density at radius 3 is 2.88 bits per heavy atom. The van der Waals surface area contributed by atoms with Gasteiger partial charge in [-0.2, -0.15) is 12.6 Å². The van der Waals surface area contributed by atoms with Crippen LogP contribution in [0.1, 0.15) is 17.5 Å². The summed E-state index contributed by atoms with van der Waals surface area (Å²) >= 11 is 4.28. The molecule has 0 saturated carbocycles. The van der Waals surface area contributed by atoms with Gasteiger partial charge < -0.3 is 4.90 Å². The van der Waals surface area contributed by atoms with Gasteiger partial charge in [0.25, 0.3) is 0 Å². The van der Waals surface area contributed by atoms with Crippen LogP contribution in [-0.2, 0) is 11.3 Å². The number of carbonyl (C=O) groups excluding carboxylic acids is 1. The van der Waals surface area contributed by atoms with Crippen molar-refractivity contribution in [1.29, 1.82) is 0 Å². The van der Waals surface area contributed by atoms with Crippen LogP contribution < -0.4 is 0 Å². The summed E-state index contributed by atoms with van der Waals surface area (Å²) in [6, 6.07) is 5.09. The largest absolute Gasteiger partial charge is 0.337 e. The average Bonchev–Trinajstić information content (AvgIpc) is 2.51. The fourth-order valence-electron chi connectivity index (χ4n) is 1.86. The molecule has 1 fully saturated rings. The molecule has 0 radical (unpaired) electrons. The van der Waals surface area contributed by atoms with Crippen LogP contribution in [0.25, 0.3) is 0 Å². The Morgan fingerprint density at radius 2 is 2.31 bits per heavy atom. The summed E-state index contributed by atoms with van der Waals surface area (Å²) in [7, 11) is 0. The maximum Gasteiger partial charge on any atom is 0.224 e. The zero-order chi connectivity index (χ0) is 11.7. The fourth-order valence-corrected chi connectivity index (χ4v) is 2.21. The molecule has 1 heterocycles. The number of benzene rings is 1. The van der Waals surface area contributed by atoms with Crippen LogP contribution in [0.4, 0.5) is 4.39 Å². The molecule has 1 aromatic carbocycles. The lowest BCUT2D eigenvalue weighted by Gasteiger charge is -2.16. The van der Waals surface area contributed by atoms with E-state index in [1.165, 1.54) is 6.07 Å². The van der Waals surface area contributed by atoms with E-state index in [9.17, 15) is 9.18 Å². The minimum absolute atomic E-state index is 0.0981. The molecule has 4 heteroatoms. The Balaban J connectivity index is 2.09. The molecule has 1 saturated heterocycles. The van der Waals surface area contributed by atoms with Crippen molar-refractivity contribution in [2.24, 2.45) is 0 Å². The van der Waals surface area contributed by atoms with Crippen LogP contribution in [0.5, 0.6) is 0 Å². The van der Waals surface area contributed by atoms with E-state index >= 15 is 0 Å². The molecule has 1 aromatic rings. The van der Waals surface area contributed by atoms with Crippen molar-refractivity contribution in [3.05, 3.63) is 35.1 Å². The number of rotatable bonds is 2. The van der Waals surface area contributed by atoms with Gasteiger partial charge >= 0.3 is 0 Å². The Kier molecular flexibility index (Phi) is 3.19. The number of carbonyl (C=O) groups is 1. The fraction of sp³-hybridized carbons (Fsp3) is 0.417. The molecule has 0 bridgehead atoms. The van der Waals surface area contributed by atoms with Gasteiger partial charge in [-0.05, 0) is 24.1 Å². The molecule has 2 rings (SSSR count). The normalized spacial score (nSPS) is 20.6. The van der Waals surface area contributed by atoms with Gasteiger partial charge in [0.05, 0.1) is 0 Å². The lowest BCUT2D eigenvalue weighted by molar-refractivity contribution is -0.128. The van der Waals surface area contributed by atoms with E-state index < -0.39 is 0 Å². The monoisotopic (exact) mass is 239 g/mol. The van der Waals surface area contributed by atoms with Crippen molar-refractivity contribution in [2.45, 2.75) is 25.1 Å². The maximum atomic E-state index is 13.3. The first-order valence-corrected chi connectivity index (χ1v) is 5.79. The van der Waals surface area contributed by atoms with Crippen molar-refractivity contribution in [3.63, 3.8) is 0 Å². The number of halogens is 1. The van der Waals surface area contributed by atoms with Crippen LogP contribution >= 0.6 is 12.6 Å². The first-order chi connectivity index (χ1) is 7.56. The smallest absolute Gasteiger partial charge is 0.224 e. The SMILES string of the molecule is Cc1ccc(CN2CC(S)CC2=O)cc1F. The molecule has 0 aromatic heterocycles. The molecule has 1 atom stereocenters. The van der Waals surface area contributed by atoms with Crippen molar-refractivity contribution in [1.82, 2.24) is 4.90 Å². The maximum absolute atomic E-state index is 13.3. The minimum Gasteiger partial charge on any atom is -0.337 e. The van der Waals surface area contributed by atoms with Crippen molar-refractivity contribution >= 4 is 18.5 Å². The number of hydrogen-bond donors (Lipinski definition) is 1. The van der Waals surface area contributed by atoms with Crippen molar-refractivity contribution < 1.29 is 9.18 Å². The van der Waals surface area contributed by atoms with Gasteiger partial charge in [-0.15, -0.1) is 0 Å². The van der Waals surface area contributed by atoms with Crippen molar-refractivity contribution in [2.75, 3.05) is 6.54 Å². The number of nitrogens with zero attached hydrogens (tertiary/aromatic N) is 1. The zero-order valence-electron chi connectivity index (χ0n) is 9.11. The Labute approximate surface area is 99.9 Å². The number of amides is 1. The highest BCUT2D eigenvalue weighted by atomic mass is 32.1. The van der Waals surface area contributed by atoms with Gasteiger partial charge in [-0.3, -0.25) is 4.79 Å². The van der Waals surface area contributed by atoms with Gasteiger partial charge in [-0.1, -0.05) is 12.1 Å². The topological polar surface area (TPSA) is 20.3 Å². The van der Waals surface area contributed by atoms with Gasteiger partial charge in [-0.25, -0.2) is 4.39 Å². The van der Waals surface area contributed by atoms with Gasteiger partial charge in [0.15, 0.2) is 0 Å². The second-order valence-electron chi connectivity index (χ2n) is 4.22. The first kappa shape index (κ1) is 11.5. The summed E-state index contributed by atoms with van der Waals surface area (Å²) in [5.74, 6) is -0.118. The standard InChI is InChI=1S/C12H14FNOS/c1-8-2-3-9(4-11(8)13)6-14-7-10(16)5-12(14)15/h2-4,10,16H,5-7H2,1H3. The molecule has 0 N–H and O–H groups in total. The molecule has 0 aliphatic carbocycles. The number of aryl methyl sites for hydroxylation is 1. The van der Waals surface area contributed by atoms with Crippen molar-refractivity contribution in [3.8, 4) is 0 Å². The lowest BCUT2D eigenvalue weighted by atomic mass is 10.1. The summed E-state index contributed by atoms with van der Waals surface area (Å²) in [5.41, 5.74) is 1.46. The zero-order valence-corrected chi connectivity index (χ0v) is 10.0. The quantitative estimate of drug-likeness (QED) is 0.784. The highest BCUT2D eigenvalue weighted by Gasteiger charge is 2.26. The Morgan fingerprint density at radius 1 is 1.56 bits per heavy atom. The van der Waals surface area contributed by atoms with Crippen LogP contribution in [0.3, 0.4) is 0 Å². The van der Waals surface area contributed by atoms with E-state index in [4.69, 9.17) is 0 Å². The average molecular weight is 239 g/mol. The van der Waals surface area contributed by atoms with E-state index in [-0.39, 0.29) is 17.0 Å². The second-order valence-corrected chi connectivity index (χ2v) is 4.95. The molecule has 1 amide bonds. The summed E-state index contributed by atoms with van der Waals surface area (Å²) in [6.07, 6.45) is 0.484. The molecule has 86 valence electrons. The Hall–Kier alpha value is -1.03. The van der Waals surface area contributed by atoms with Crippen LogP contribution in [0, 0.1) is 12.7 Å². The van der Waals surface area contributed by atoms with Crippen LogP contribution in [0.15, 0.2) is 18.2 Å². The Bertz CT molecular complexity index is 421. The van der Waals surface area contributed by atoms with E-state index in [0.717, 1.165) is 5.56 Å². The predicted molar refractivity (Wildman–Crippen MR) is 63.9 cm³/mol. The molecule has 1 aliphatic rings. The highest BCUT2D eigenvalue weighted by Crippen LogP contribution is 2.19. The van der Waals surface area contributed by atoms with E-state index in [1.54, 1.807) is 17.9 Å². The molecular formula is C12H14FNOS. The molecule has 16 heavy (non-hydrogen) atoms. The van der Waals surface area contributed by atoms with Crippen LogP contribution in [-0.4, -0.2) is 22.6 Å². The van der Waals surface area contributed by atoms with E-state index in [0.29, 0.717) is 25.1 Å². The first-order valence-electron chi connectivity index (χ1n) is 5.27. The van der Waals surface area contributed by atoms with E-state index in [1.807, 2.05) is 6.07 Å². The number of likely N-dealkylation sites (tertiary alicyclic amines) is 1. The molecule has 1 unspecified atom stereocenters. The lowest BCUT2D eigenvalue weighted by Crippen LogP contribution is -2.24. The molecule has 2 nitrogen and oxygen atoms in total. The van der Waals surface area contributed by atoms with Gasteiger partial charge in [0.1, 0.15) is 5.82 Å². The molecule has 0 spiro atoms. The molecule has 1 aliphatic heterocycles. The highest BCUT2D eigenvalue weighted by molar-refractivity contribution is 7.81. The third kappa shape index (κ3) is 2.38. The third-order valence-corrected chi connectivity index (χ3v) is 3.15. The second kappa shape index (κ2) is 4.45. The summed E-state index contributed by atoms with van der Waals surface area (Å²) < 4.78 is 13.3. The third-order valence-electron chi connectivity index (χ3n) is 2.80. The molecular weight excluding hydrogens is 225 g/mol. The number of hydrogen-bond acceptors (Lipinski definition) is 2. The number of thiol groups is 1. The minimum atomic E-state index is -0.216. The van der Waals surface area contributed by atoms with Gasteiger partial charge in [0, 0.05) is 24.8 Å². The predicted octanol–water partition coefficient (Wildman–Crippen LogP) is 2.16. The summed E-state index contributed by atoms with van der Waals surface area (Å²) in [5, 5.41) is 0.114. The summed E-state index contributed by atoms with van der Waals surface area (Å²) in [4.78, 5) is 13.2. The van der Waals surface area contributed by atoms with Crippen LogP contribution in [0.2, 0.25) is 0 Å². The van der Waals surface area contributed by atoms with Gasteiger partial charge in [0.2, 0.25) is 5.91 Å².